The number of ether oxygens (including phenoxy) is 2. The van der Waals surface area contributed by atoms with Gasteiger partial charge in [0.25, 0.3) is 5.91 Å². The molecule has 0 aliphatic rings. The summed E-state index contributed by atoms with van der Waals surface area (Å²) in [6, 6.07) is 13.6. The summed E-state index contributed by atoms with van der Waals surface area (Å²) in [4.78, 5) is 12.7. The van der Waals surface area contributed by atoms with Gasteiger partial charge in [-0.15, -0.1) is 0 Å². The van der Waals surface area contributed by atoms with E-state index in [1.807, 2.05) is 56.3 Å². The molecule has 0 saturated carbocycles. The van der Waals surface area contributed by atoms with Crippen molar-refractivity contribution in [3.8, 4) is 11.5 Å². The number of rotatable bonds is 8. The normalized spacial score (nSPS) is 13.0. The molecule has 0 saturated heterocycles. The van der Waals surface area contributed by atoms with Crippen LogP contribution in [0.4, 0.5) is 0 Å². The molecule has 0 heterocycles. The molecule has 2 aromatic carbocycles. The zero-order valence-corrected chi connectivity index (χ0v) is 16.3. The van der Waals surface area contributed by atoms with E-state index in [0.29, 0.717) is 6.42 Å². The van der Waals surface area contributed by atoms with E-state index in [1.165, 1.54) is 5.56 Å². The van der Waals surface area contributed by atoms with Gasteiger partial charge in [-0.1, -0.05) is 32.0 Å². The predicted octanol–water partition coefficient (Wildman–Crippen LogP) is 4.74. The average molecular weight is 355 g/mol. The molecule has 0 aliphatic carbocycles. The maximum Gasteiger partial charge on any atom is 0.261 e. The third-order valence-corrected chi connectivity index (χ3v) is 4.66. The maximum absolute atomic E-state index is 12.7. The number of aryl methyl sites for hydroxylation is 2. The van der Waals surface area contributed by atoms with Crippen molar-refractivity contribution in [2.24, 2.45) is 0 Å². The standard InChI is InChI=1S/C22H29NO3/c1-6-20(17-9-12-18(25-5)13-10-17)23-22(24)21(7-2)26-19-11-8-15(3)16(4)14-19/h8-14,20-21H,6-7H2,1-5H3,(H,23,24)/t20-,21-/m0/s1. The molecule has 0 fully saturated rings. The van der Waals surface area contributed by atoms with Crippen molar-refractivity contribution in [3.05, 3.63) is 59.2 Å². The van der Waals surface area contributed by atoms with Crippen molar-refractivity contribution in [1.29, 1.82) is 0 Å². The van der Waals surface area contributed by atoms with Gasteiger partial charge in [0, 0.05) is 0 Å². The summed E-state index contributed by atoms with van der Waals surface area (Å²) < 4.78 is 11.1. The number of nitrogens with one attached hydrogen (secondary N) is 1. The minimum absolute atomic E-state index is 0.0502. The Kier molecular flexibility index (Phi) is 7.07. The lowest BCUT2D eigenvalue weighted by molar-refractivity contribution is -0.128. The molecule has 0 bridgehead atoms. The summed E-state index contributed by atoms with van der Waals surface area (Å²) in [6.45, 7) is 8.11. The Balaban J connectivity index is 2.06. The van der Waals surface area contributed by atoms with Crippen LogP contribution < -0.4 is 14.8 Å². The second-order valence-electron chi connectivity index (χ2n) is 6.50. The quantitative estimate of drug-likeness (QED) is 0.744. The number of benzene rings is 2. The highest BCUT2D eigenvalue weighted by molar-refractivity contribution is 5.81. The fraction of sp³-hybridized carbons (Fsp3) is 0.409. The lowest BCUT2D eigenvalue weighted by Gasteiger charge is -2.23. The summed E-state index contributed by atoms with van der Waals surface area (Å²) in [5.41, 5.74) is 3.42. The van der Waals surface area contributed by atoms with Gasteiger partial charge in [-0.05, 0) is 67.6 Å². The molecule has 140 valence electrons. The van der Waals surface area contributed by atoms with E-state index < -0.39 is 6.10 Å². The minimum atomic E-state index is -0.510. The van der Waals surface area contributed by atoms with Crippen molar-refractivity contribution in [2.45, 2.75) is 52.7 Å². The highest BCUT2D eigenvalue weighted by Crippen LogP contribution is 2.22. The van der Waals surface area contributed by atoms with Crippen LogP contribution in [0.25, 0.3) is 0 Å². The first kappa shape index (κ1) is 19.8. The monoisotopic (exact) mass is 355 g/mol. The van der Waals surface area contributed by atoms with Gasteiger partial charge in [-0.3, -0.25) is 4.79 Å². The Morgan fingerprint density at radius 3 is 2.15 bits per heavy atom. The van der Waals surface area contributed by atoms with Crippen LogP contribution in [-0.2, 0) is 4.79 Å². The number of carbonyl (C=O) groups excluding carboxylic acids is 1. The van der Waals surface area contributed by atoms with Gasteiger partial charge in [-0.25, -0.2) is 0 Å². The van der Waals surface area contributed by atoms with Crippen LogP contribution in [-0.4, -0.2) is 19.1 Å². The molecule has 0 spiro atoms. The van der Waals surface area contributed by atoms with Crippen molar-refractivity contribution in [2.75, 3.05) is 7.11 Å². The van der Waals surface area contributed by atoms with Gasteiger partial charge in [-0.2, -0.15) is 0 Å². The molecule has 26 heavy (non-hydrogen) atoms. The topological polar surface area (TPSA) is 47.6 Å². The van der Waals surface area contributed by atoms with Gasteiger partial charge in [0.2, 0.25) is 0 Å². The van der Waals surface area contributed by atoms with Gasteiger partial charge in [0.1, 0.15) is 11.5 Å². The summed E-state index contributed by atoms with van der Waals surface area (Å²) in [5, 5.41) is 3.11. The minimum Gasteiger partial charge on any atom is -0.497 e. The number of amides is 1. The summed E-state index contributed by atoms with van der Waals surface area (Å²) in [6.07, 6.45) is 0.903. The van der Waals surface area contributed by atoms with Crippen LogP contribution >= 0.6 is 0 Å². The van der Waals surface area contributed by atoms with E-state index in [0.717, 1.165) is 29.0 Å². The van der Waals surface area contributed by atoms with Crippen LogP contribution in [0.3, 0.4) is 0 Å². The molecule has 0 radical (unpaired) electrons. The second-order valence-corrected chi connectivity index (χ2v) is 6.50. The lowest BCUT2D eigenvalue weighted by Crippen LogP contribution is -2.39. The van der Waals surface area contributed by atoms with Gasteiger partial charge < -0.3 is 14.8 Å². The number of carbonyl (C=O) groups is 1. The van der Waals surface area contributed by atoms with Crippen LogP contribution in [0.1, 0.15) is 49.4 Å². The Bertz CT molecular complexity index is 725. The number of hydrogen-bond donors (Lipinski definition) is 1. The lowest BCUT2D eigenvalue weighted by atomic mass is 10.0. The van der Waals surface area contributed by atoms with E-state index in [-0.39, 0.29) is 11.9 Å². The third kappa shape index (κ3) is 5.01. The summed E-state index contributed by atoms with van der Waals surface area (Å²) in [7, 11) is 1.64. The first-order valence-corrected chi connectivity index (χ1v) is 9.16. The third-order valence-electron chi connectivity index (χ3n) is 4.66. The summed E-state index contributed by atoms with van der Waals surface area (Å²) >= 11 is 0. The zero-order valence-electron chi connectivity index (χ0n) is 16.3. The molecule has 2 atom stereocenters. The van der Waals surface area contributed by atoms with Crippen LogP contribution in [0.5, 0.6) is 11.5 Å². The molecule has 2 aromatic rings. The van der Waals surface area contributed by atoms with Crippen LogP contribution in [0.15, 0.2) is 42.5 Å². The van der Waals surface area contributed by atoms with E-state index in [1.54, 1.807) is 7.11 Å². The first-order chi connectivity index (χ1) is 12.5. The molecule has 4 heteroatoms. The molecule has 4 nitrogen and oxygen atoms in total. The Morgan fingerprint density at radius 1 is 0.962 bits per heavy atom. The van der Waals surface area contributed by atoms with Crippen molar-refractivity contribution in [1.82, 2.24) is 5.32 Å². The Hall–Kier alpha value is -2.49. The smallest absolute Gasteiger partial charge is 0.261 e. The highest BCUT2D eigenvalue weighted by Gasteiger charge is 2.22. The molecular weight excluding hydrogens is 326 g/mol. The number of methoxy groups -OCH3 is 1. The first-order valence-electron chi connectivity index (χ1n) is 9.16. The van der Waals surface area contributed by atoms with E-state index in [2.05, 4.69) is 19.2 Å². The average Bonchev–Trinajstić information content (AvgIpc) is 2.66. The zero-order chi connectivity index (χ0) is 19.1. The Labute approximate surface area is 156 Å². The fourth-order valence-corrected chi connectivity index (χ4v) is 2.80. The summed E-state index contributed by atoms with van der Waals surface area (Å²) in [5.74, 6) is 1.44. The van der Waals surface area contributed by atoms with Crippen molar-refractivity contribution >= 4 is 5.91 Å². The maximum atomic E-state index is 12.7. The molecule has 1 amide bonds. The van der Waals surface area contributed by atoms with E-state index in [4.69, 9.17) is 9.47 Å². The van der Waals surface area contributed by atoms with Crippen LogP contribution in [0.2, 0.25) is 0 Å². The molecule has 0 aliphatic heterocycles. The highest BCUT2D eigenvalue weighted by atomic mass is 16.5. The molecule has 0 aromatic heterocycles. The second kappa shape index (κ2) is 9.27. The Morgan fingerprint density at radius 2 is 1.62 bits per heavy atom. The molecule has 1 N–H and O–H groups in total. The number of hydrogen-bond acceptors (Lipinski definition) is 3. The largest absolute Gasteiger partial charge is 0.497 e. The van der Waals surface area contributed by atoms with Crippen molar-refractivity contribution in [3.63, 3.8) is 0 Å². The predicted molar refractivity (Wildman–Crippen MR) is 105 cm³/mol. The van der Waals surface area contributed by atoms with Gasteiger partial charge in [0.15, 0.2) is 6.10 Å². The van der Waals surface area contributed by atoms with E-state index >= 15 is 0 Å². The molecule has 0 unspecified atom stereocenters. The van der Waals surface area contributed by atoms with Gasteiger partial charge >= 0.3 is 0 Å². The SMILES string of the molecule is CC[C@H](Oc1ccc(C)c(C)c1)C(=O)N[C@@H](CC)c1ccc(OC)cc1. The van der Waals surface area contributed by atoms with Crippen molar-refractivity contribution < 1.29 is 14.3 Å². The molecule has 2 rings (SSSR count). The fourth-order valence-electron chi connectivity index (χ4n) is 2.80. The van der Waals surface area contributed by atoms with E-state index in [9.17, 15) is 4.79 Å². The molecular formula is C22H29NO3. The van der Waals surface area contributed by atoms with Crippen LogP contribution in [0, 0.1) is 13.8 Å². The van der Waals surface area contributed by atoms with Gasteiger partial charge in [0.05, 0.1) is 13.2 Å².